The van der Waals surface area contributed by atoms with E-state index in [1.807, 2.05) is 25.3 Å². The van der Waals surface area contributed by atoms with Gasteiger partial charge in [-0.05, 0) is 69.7 Å². The molecule has 1 aromatic heterocycles. The highest BCUT2D eigenvalue weighted by Gasteiger charge is 2.47. The van der Waals surface area contributed by atoms with Crippen LogP contribution in [0.3, 0.4) is 0 Å². The number of likely N-dealkylation sites (tertiary alicyclic amines) is 1. The van der Waals surface area contributed by atoms with Crippen LogP contribution >= 0.6 is 11.6 Å². The topological polar surface area (TPSA) is 37.8 Å². The van der Waals surface area contributed by atoms with Gasteiger partial charge in [0.15, 0.2) is 0 Å². The van der Waals surface area contributed by atoms with Crippen molar-refractivity contribution in [3.05, 3.63) is 58.4 Å². The average Bonchev–Trinajstić information content (AvgIpc) is 3.23. The second-order valence-electron chi connectivity index (χ2n) is 8.52. The zero-order chi connectivity index (χ0) is 20.0. The van der Waals surface area contributed by atoms with Crippen LogP contribution in [-0.4, -0.2) is 55.8 Å². The molecule has 0 amide bonds. The number of nitrogens with zero attached hydrogens (tertiary/aromatic N) is 3. The van der Waals surface area contributed by atoms with Gasteiger partial charge in [-0.3, -0.25) is 4.98 Å². The van der Waals surface area contributed by atoms with Crippen molar-refractivity contribution in [2.75, 3.05) is 44.8 Å². The molecule has 4 heterocycles. The van der Waals surface area contributed by atoms with Gasteiger partial charge in [-0.25, -0.2) is 0 Å². The van der Waals surface area contributed by atoms with Gasteiger partial charge < -0.3 is 19.3 Å². The molecule has 1 aromatic carbocycles. The monoisotopic (exact) mass is 413 g/mol. The molecule has 29 heavy (non-hydrogen) atoms. The zero-order valence-electron chi connectivity index (χ0n) is 17.1. The van der Waals surface area contributed by atoms with Crippen molar-refractivity contribution in [3.8, 4) is 0 Å². The highest BCUT2D eigenvalue weighted by atomic mass is 35.5. The van der Waals surface area contributed by atoms with E-state index in [0.717, 1.165) is 42.2 Å². The fraction of sp³-hybridized carbons (Fsp3) is 0.522. The van der Waals surface area contributed by atoms with Crippen LogP contribution in [0.1, 0.15) is 35.6 Å². The molecule has 3 aliphatic heterocycles. The fourth-order valence-corrected chi connectivity index (χ4v) is 5.32. The van der Waals surface area contributed by atoms with Gasteiger partial charge >= 0.3 is 0 Å². The minimum absolute atomic E-state index is 0.427. The van der Waals surface area contributed by atoms with E-state index in [4.69, 9.17) is 21.1 Å². The third-order valence-electron chi connectivity index (χ3n) is 6.68. The standard InChI is InChI=1S/C23H28ClN3O2/c1-16-3-4-17(14-25-16)23(28-11-12-29-23)15-27-21-6-5-18(24)13-20(21)19-7-9-26(2)10-8-22(19)27/h3-6,13-14,19,22H,7-12,15H2,1-2H3. The summed E-state index contributed by atoms with van der Waals surface area (Å²) >= 11 is 6.39. The lowest BCUT2D eigenvalue weighted by molar-refractivity contribution is -0.158. The van der Waals surface area contributed by atoms with Crippen LogP contribution in [0.4, 0.5) is 5.69 Å². The van der Waals surface area contributed by atoms with E-state index in [1.165, 1.54) is 11.3 Å². The van der Waals surface area contributed by atoms with Gasteiger partial charge in [-0.15, -0.1) is 0 Å². The molecule has 3 aliphatic rings. The lowest BCUT2D eigenvalue weighted by Crippen LogP contribution is -2.46. The molecule has 2 aromatic rings. The number of aryl methyl sites for hydroxylation is 1. The van der Waals surface area contributed by atoms with Crippen molar-refractivity contribution in [1.82, 2.24) is 9.88 Å². The summed E-state index contributed by atoms with van der Waals surface area (Å²) in [6.45, 7) is 6.08. The largest absolute Gasteiger partial charge is 0.362 e. The van der Waals surface area contributed by atoms with Crippen molar-refractivity contribution in [2.45, 2.75) is 37.5 Å². The maximum absolute atomic E-state index is 6.39. The van der Waals surface area contributed by atoms with Gasteiger partial charge in [0.1, 0.15) is 0 Å². The zero-order valence-corrected chi connectivity index (χ0v) is 17.9. The van der Waals surface area contributed by atoms with E-state index < -0.39 is 5.79 Å². The van der Waals surface area contributed by atoms with E-state index in [2.05, 4.69) is 40.0 Å². The highest BCUT2D eigenvalue weighted by molar-refractivity contribution is 6.30. The summed E-state index contributed by atoms with van der Waals surface area (Å²) in [4.78, 5) is 9.45. The number of ether oxygens (including phenoxy) is 2. The highest BCUT2D eigenvalue weighted by Crippen LogP contribution is 2.48. The number of pyridine rings is 1. The fourth-order valence-electron chi connectivity index (χ4n) is 5.14. The van der Waals surface area contributed by atoms with Crippen molar-refractivity contribution >= 4 is 17.3 Å². The summed E-state index contributed by atoms with van der Waals surface area (Å²) < 4.78 is 12.5. The molecule has 2 saturated heterocycles. The summed E-state index contributed by atoms with van der Waals surface area (Å²) in [5.41, 5.74) is 4.63. The number of aromatic nitrogens is 1. The van der Waals surface area contributed by atoms with E-state index in [0.29, 0.717) is 31.7 Å². The van der Waals surface area contributed by atoms with Crippen LogP contribution < -0.4 is 4.90 Å². The van der Waals surface area contributed by atoms with Gasteiger partial charge in [-0.1, -0.05) is 17.7 Å². The van der Waals surface area contributed by atoms with Crippen molar-refractivity contribution in [3.63, 3.8) is 0 Å². The number of benzene rings is 1. The van der Waals surface area contributed by atoms with Crippen LogP contribution in [0.25, 0.3) is 0 Å². The molecule has 0 spiro atoms. The van der Waals surface area contributed by atoms with Gasteiger partial charge in [0.05, 0.1) is 19.8 Å². The Kier molecular flexibility index (Phi) is 5.03. The third-order valence-corrected chi connectivity index (χ3v) is 6.91. The summed E-state index contributed by atoms with van der Waals surface area (Å²) in [7, 11) is 2.22. The van der Waals surface area contributed by atoms with Crippen LogP contribution in [-0.2, 0) is 15.3 Å². The molecule has 6 heteroatoms. The van der Waals surface area contributed by atoms with Gasteiger partial charge in [-0.2, -0.15) is 0 Å². The molecular formula is C23H28ClN3O2. The Morgan fingerprint density at radius 2 is 1.93 bits per heavy atom. The number of rotatable bonds is 3. The molecule has 0 saturated carbocycles. The Morgan fingerprint density at radius 1 is 1.14 bits per heavy atom. The van der Waals surface area contributed by atoms with Crippen LogP contribution in [0, 0.1) is 6.92 Å². The van der Waals surface area contributed by atoms with Crippen molar-refractivity contribution in [1.29, 1.82) is 0 Å². The Labute approximate surface area is 177 Å². The second kappa shape index (κ2) is 7.55. The Balaban J connectivity index is 1.54. The molecule has 5 nitrogen and oxygen atoms in total. The molecule has 0 N–H and O–H groups in total. The first kappa shape index (κ1) is 19.3. The third kappa shape index (κ3) is 3.44. The van der Waals surface area contributed by atoms with Crippen LogP contribution in [0.5, 0.6) is 0 Å². The van der Waals surface area contributed by atoms with Crippen molar-refractivity contribution in [2.24, 2.45) is 0 Å². The summed E-state index contributed by atoms with van der Waals surface area (Å²) in [6, 6.07) is 10.9. The number of anilines is 1. The molecule has 5 rings (SSSR count). The first-order chi connectivity index (χ1) is 14.1. The van der Waals surface area contributed by atoms with E-state index in [-0.39, 0.29) is 0 Å². The summed E-state index contributed by atoms with van der Waals surface area (Å²) in [6.07, 6.45) is 4.17. The summed E-state index contributed by atoms with van der Waals surface area (Å²) in [5, 5.41) is 0.813. The Morgan fingerprint density at radius 3 is 2.69 bits per heavy atom. The molecule has 0 bridgehead atoms. The molecular weight excluding hydrogens is 386 g/mol. The Bertz CT molecular complexity index is 882. The maximum Gasteiger partial charge on any atom is 0.214 e. The molecule has 154 valence electrons. The first-order valence-electron chi connectivity index (χ1n) is 10.5. The normalized spacial score (nSPS) is 26.2. The second-order valence-corrected chi connectivity index (χ2v) is 8.96. The molecule has 2 unspecified atom stereocenters. The number of hydrogen-bond donors (Lipinski definition) is 0. The minimum atomic E-state index is -0.773. The maximum atomic E-state index is 6.39. The molecule has 2 fully saturated rings. The lowest BCUT2D eigenvalue weighted by Gasteiger charge is -2.37. The smallest absolute Gasteiger partial charge is 0.214 e. The van der Waals surface area contributed by atoms with E-state index in [1.54, 1.807) is 0 Å². The molecule has 0 aliphatic carbocycles. The molecule has 2 atom stereocenters. The average molecular weight is 414 g/mol. The minimum Gasteiger partial charge on any atom is -0.362 e. The van der Waals surface area contributed by atoms with Gasteiger partial charge in [0, 0.05) is 40.1 Å². The van der Waals surface area contributed by atoms with E-state index in [9.17, 15) is 0 Å². The van der Waals surface area contributed by atoms with Gasteiger partial charge in [0.25, 0.3) is 0 Å². The number of halogens is 1. The van der Waals surface area contributed by atoms with Crippen molar-refractivity contribution < 1.29 is 9.47 Å². The number of hydrogen-bond acceptors (Lipinski definition) is 5. The summed E-state index contributed by atoms with van der Waals surface area (Å²) in [5.74, 6) is -0.284. The van der Waals surface area contributed by atoms with E-state index >= 15 is 0 Å². The predicted octanol–water partition coefficient (Wildman–Crippen LogP) is 3.94. The lowest BCUT2D eigenvalue weighted by atomic mass is 9.91. The number of fused-ring (bicyclic) bond motifs is 3. The van der Waals surface area contributed by atoms with Gasteiger partial charge in [0.2, 0.25) is 5.79 Å². The van der Waals surface area contributed by atoms with Crippen LogP contribution in [0.15, 0.2) is 36.5 Å². The molecule has 0 radical (unpaired) electrons. The Hall–Kier alpha value is -1.66. The van der Waals surface area contributed by atoms with Crippen LogP contribution in [0.2, 0.25) is 5.02 Å². The quantitative estimate of drug-likeness (QED) is 0.761. The predicted molar refractivity (Wildman–Crippen MR) is 115 cm³/mol. The first-order valence-corrected chi connectivity index (χ1v) is 10.9. The SMILES string of the molecule is Cc1ccc(C2(CN3c4ccc(Cl)cc4C4CCN(C)CCC43)OCCO2)cn1.